The van der Waals surface area contributed by atoms with Crippen LogP contribution in [0, 0.1) is 0 Å². The molecule has 2 aliphatic rings. The van der Waals surface area contributed by atoms with Gasteiger partial charge in [0, 0.05) is 23.5 Å². The van der Waals surface area contributed by atoms with Gasteiger partial charge >= 0.3 is 0 Å². The molecule has 0 saturated heterocycles. The Hall–Kier alpha value is -4.37. The molecule has 182 valence electrons. The third-order valence-corrected chi connectivity index (χ3v) is 6.14. The molecule has 1 aliphatic heterocycles. The standard InChI is InChI=1S/C26H22ClN5O4/c1-15(25(28)33)31-32(18-9-10-22-23(13-18)36-14-35-22)21-6-2-4-16-7-8-17(12-20(16)21)30-26(34)19-5-3-11-29-24(19)27/h3,5-13H,2,4,14H2,1H3,(H2,28,33)(H,30,34)/b31-15+. The zero-order valence-electron chi connectivity index (χ0n) is 19.3. The van der Waals surface area contributed by atoms with Crippen molar-refractivity contribution in [3.63, 3.8) is 0 Å². The number of anilines is 2. The number of allylic oxidation sites excluding steroid dienone is 1. The summed E-state index contributed by atoms with van der Waals surface area (Å²) in [5, 5.41) is 9.21. The summed E-state index contributed by atoms with van der Waals surface area (Å²) in [5.41, 5.74) is 9.82. The van der Waals surface area contributed by atoms with Gasteiger partial charge in [-0.05, 0) is 61.7 Å². The van der Waals surface area contributed by atoms with Gasteiger partial charge in [0.2, 0.25) is 6.79 Å². The number of carbonyl (C=O) groups excluding carboxylic acids is 2. The number of aromatic nitrogens is 1. The minimum absolute atomic E-state index is 0.124. The number of aryl methyl sites for hydroxylation is 1. The topological polar surface area (TPSA) is 119 Å². The number of amides is 2. The van der Waals surface area contributed by atoms with Crippen LogP contribution >= 0.6 is 11.6 Å². The van der Waals surface area contributed by atoms with Gasteiger partial charge in [0.05, 0.1) is 16.9 Å². The molecule has 1 aliphatic carbocycles. The smallest absolute Gasteiger partial charge is 0.264 e. The van der Waals surface area contributed by atoms with E-state index >= 15 is 0 Å². The molecule has 0 atom stereocenters. The van der Waals surface area contributed by atoms with Gasteiger partial charge in [0.25, 0.3) is 11.8 Å². The second kappa shape index (κ2) is 9.71. The third-order valence-electron chi connectivity index (χ3n) is 5.83. The molecule has 0 bridgehead atoms. The molecule has 0 radical (unpaired) electrons. The van der Waals surface area contributed by atoms with Crippen LogP contribution in [0.25, 0.3) is 5.70 Å². The molecule has 9 nitrogen and oxygen atoms in total. The van der Waals surface area contributed by atoms with Crippen molar-refractivity contribution in [1.29, 1.82) is 0 Å². The number of pyridine rings is 1. The molecule has 0 fully saturated rings. The van der Waals surface area contributed by atoms with Crippen molar-refractivity contribution < 1.29 is 19.1 Å². The summed E-state index contributed by atoms with van der Waals surface area (Å²) in [4.78, 5) is 28.6. The lowest BCUT2D eigenvalue weighted by molar-refractivity contribution is -0.112. The van der Waals surface area contributed by atoms with E-state index in [0.29, 0.717) is 22.9 Å². The van der Waals surface area contributed by atoms with Crippen LogP contribution in [0.15, 0.2) is 65.9 Å². The molecule has 2 heterocycles. The third kappa shape index (κ3) is 4.60. The molecule has 0 spiro atoms. The molecule has 36 heavy (non-hydrogen) atoms. The van der Waals surface area contributed by atoms with E-state index in [4.69, 9.17) is 26.8 Å². The zero-order chi connectivity index (χ0) is 25.2. The van der Waals surface area contributed by atoms with Crippen molar-refractivity contribution in [2.24, 2.45) is 10.8 Å². The number of fused-ring (bicyclic) bond motifs is 2. The Balaban J connectivity index is 1.54. The van der Waals surface area contributed by atoms with Crippen LogP contribution in [-0.4, -0.2) is 29.3 Å². The second-order valence-corrected chi connectivity index (χ2v) is 8.55. The normalized spacial score (nSPS) is 14.1. The number of hydrogen-bond donors (Lipinski definition) is 2. The molecule has 0 unspecified atom stereocenters. The van der Waals surface area contributed by atoms with Crippen molar-refractivity contribution in [3.8, 4) is 11.5 Å². The molecular formula is C26H22ClN5O4. The Kier molecular flexibility index (Phi) is 6.30. The highest BCUT2D eigenvalue weighted by Gasteiger charge is 2.24. The minimum atomic E-state index is -0.633. The van der Waals surface area contributed by atoms with Crippen LogP contribution in [0.2, 0.25) is 5.15 Å². The predicted octanol–water partition coefficient (Wildman–Crippen LogP) is 4.37. The SMILES string of the molecule is C/C(=N\N(C1=CCCc2ccc(NC(=O)c3cccnc3Cl)cc21)c1ccc2c(c1)OCO2)C(N)=O. The highest BCUT2D eigenvalue weighted by atomic mass is 35.5. The summed E-state index contributed by atoms with van der Waals surface area (Å²) in [6.45, 7) is 1.69. The molecular weight excluding hydrogens is 482 g/mol. The number of rotatable bonds is 6. The number of nitrogens with one attached hydrogen (secondary N) is 1. The molecule has 5 rings (SSSR count). The summed E-state index contributed by atoms with van der Waals surface area (Å²) in [6.07, 6.45) is 5.14. The van der Waals surface area contributed by atoms with Gasteiger partial charge in [-0.3, -0.25) is 9.59 Å². The van der Waals surface area contributed by atoms with Crippen molar-refractivity contribution in [2.45, 2.75) is 19.8 Å². The fraction of sp³-hybridized carbons (Fsp3) is 0.154. The first-order valence-corrected chi connectivity index (χ1v) is 11.6. The van der Waals surface area contributed by atoms with Crippen LogP contribution in [-0.2, 0) is 11.2 Å². The quantitative estimate of drug-likeness (QED) is 0.293. The molecule has 3 N–H and O–H groups in total. The number of halogens is 1. The van der Waals surface area contributed by atoms with Crippen LogP contribution in [0.1, 0.15) is 34.8 Å². The van der Waals surface area contributed by atoms with E-state index in [1.165, 1.54) is 6.20 Å². The number of benzene rings is 2. The second-order valence-electron chi connectivity index (χ2n) is 8.19. The molecule has 2 aromatic carbocycles. The van der Waals surface area contributed by atoms with Gasteiger partial charge < -0.3 is 20.5 Å². The summed E-state index contributed by atoms with van der Waals surface area (Å²) in [6, 6.07) is 14.4. The van der Waals surface area contributed by atoms with E-state index < -0.39 is 5.91 Å². The summed E-state index contributed by atoms with van der Waals surface area (Å²) in [7, 11) is 0. The van der Waals surface area contributed by atoms with Crippen molar-refractivity contribution >= 4 is 46.2 Å². The summed E-state index contributed by atoms with van der Waals surface area (Å²) < 4.78 is 11.0. The number of nitrogens with two attached hydrogens (primary N) is 1. The zero-order valence-corrected chi connectivity index (χ0v) is 20.1. The first kappa shape index (κ1) is 23.4. The number of hydrazone groups is 1. The number of ether oxygens (including phenoxy) is 2. The van der Waals surface area contributed by atoms with Crippen molar-refractivity contribution in [1.82, 2.24) is 4.98 Å². The monoisotopic (exact) mass is 503 g/mol. The van der Waals surface area contributed by atoms with Gasteiger partial charge in [0.1, 0.15) is 10.9 Å². The van der Waals surface area contributed by atoms with E-state index in [1.54, 1.807) is 36.2 Å². The van der Waals surface area contributed by atoms with E-state index in [9.17, 15) is 9.59 Å². The Labute approximate surface area is 212 Å². The van der Waals surface area contributed by atoms with Crippen LogP contribution < -0.4 is 25.5 Å². The lowest BCUT2D eigenvalue weighted by Gasteiger charge is -2.28. The molecule has 1 aromatic heterocycles. The van der Waals surface area contributed by atoms with E-state index in [0.717, 1.165) is 29.7 Å². The number of nitrogens with zero attached hydrogens (tertiary/aromatic N) is 3. The van der Waals surface area contributed by atoms with Crippen LogP contribution in [0.5, 0.6) is 11.5 Å². The highest BCUT2D eigenvalue weighted by Crippen LogP contribution is 2.40. The van der Waals surface area contributed by atoms with Gasteiger partial charge in [-0.2, -0.15) is 5.10 Å². The van der Waals surface area contributed by atoms with E-state index in [2.05, 4.69) is 15.4 Å². The van der Waals surface area contributed by atoms with Crippen LogP contribution in [0.3, 0.4) is 0 Å². The van der Waals surface area contributed by atoms with E-state index in [-0.39, 0.29) is 29.1 Å². The first-order chi connectivity index (χ1) is 17.4. The van der Waals surface area contributed by atoms with Crippen LogP contribution in [0.4, 0.5) is 11.4 Å². The largest absolute Gasteiger partial charge is 0.454 e. The summed E-state index contributed by atoms with van der Waals surface area (Å²) >= 11 is 6.09. The maximum absolute atomic E-state index is 12.8. The van der Waals surface area contributed by atoms with Gasteiger partial charge in [0.15, 0.2) is 11.5 Å². The molecule has 2 amide bonds. The van der Waals surface area contributed by atoms with Crippen molar-refractivity contribution in [2.75, 3.05) is 17.1 Å². The average molecular weight is 504 g/mol. The average Bonchev–Trinajstić information content (AvgIpc) is 3.35. The van der Waals surface area contributed by atoms with Crippen molar-refractivity contribution in [3.05, 3.63) is 82.6 Å². The Morgan fingerprint density at radius 3 is 2.78 bits per heavy atom. The fourth-order valence-corrected chi connectivity index (χ4v) is 4.21. The molecule has 3 aromatic rings. The highest BCUT2D eigenvalue weighted by molar-refractivity contribution is 6.37. The Morgan fingerprint density at radius 1 is 1.14 bits per heavy atom. The number of carbonyl (C=O) groups is 2. The fourth-order valence-electron chi connectivity index (χ4n) is 4.01. The van der Waals surface area contributed by atoms with Gasteiger partial charge in [-0.1, -0.05) is 23.7 Å². The maximum Gasteiger partial charge on any atom is 0.264 e. The molecule has 0 saturated carbocycles. The van der Waals surface area contributed by atoms with Gasteiger partial charge in [-0.25, -0.2) is 9.99 Å². The Morgan fingerprint density at radius 2 is 1.97 bits per heavy atom. The maximum atomic E-state index is 12.8. The number of hydrogen-bond acceptors (Lipinski definition) is 7. The first-order valence-electron chi connectivity index (χ1n) is 11.2. The van der Waals surface area contributed by atoms with E-state index in [1.807, 2.05) is 30.3 Å². The lowest BCUT2D eigenvalue weighted by atomic mass is 9.93. The predicted molar refractivity (Wildman–Crippen MR) is 137 cm³/mol. The summed E-state index contributed by atoms with van der Waals surface area (Å²) in [5.74, 6) is 0.207. The molecule has 10 heteroatoms. The Bertz CT molecular complexity index is 1440. The minimum Gasteiger partial charge on any atom is -0.454 e. The van der Waals surface area contributed by atoms with Gasteiger partial charge in [-0.15, -0.1) is 0 Å². The number of primary amides is 1. The lowest BCUT2D eigenvalue weighted by Crippen LogP contribution is -2.26.